The number of hydrogen-bond acceptors (Lipinski definition) is 4. The highest BCUT2D eigenvalue weighted by Gasteiger charge is 2.35. The Kier molecular flexibility index (Phi) is 4.60. The molecule has 6 heteroatoms. The molecule has 3 N–H and O–H groups in total. The smallest absolute Gasteiger partial charge is 0.245 e. The third kappa shape index (κ3) is 3.07. The van der Waals surface area contributed by atoms with Gasteiger partial charge >= 0.3 is 0 Å². The van der Waals surface area contributed by atoms with Gasteiger partial charge in [0.1, 0.15) is 4.90 Å². The number of likely N-dealkylation sites (N-methyl/N-ethyl adjacent to an activating group) is 1. The molecule has 1 aromatic carbocycles. The molecule has 5 nitrogen and oxygen atoms in total. The van der Waals surface area contributed by atoms with Gasteiger partial charge in [-0.2, -0.15) is 4.31 Å². The van der Waals surface area contributed by atoms with Crippen molar-refractivity contribution in [1.29, 1.82) is 0 Å². The number of aryl methyl sites for hydroxylation is 2. The van der Waals surface area contributed by atoms with E-state index in [0.717, 1.165) is 24.0 Å². The van der Waals surface area contributed by atoms with Crippen molar-refractivity contribution >= 4 is 15.7 Å². The van der Waals surface area contributed by atoms with Gasteiger partial charge < -0.3 is 10.8 Å². The molecule has 0 aromatic heterocycles. The summed E-state index contributed by atoms with van der Waals surface area (Å²) in [6.45, 7) is 3.76. The van der Waals surface area contributed by atoms with Crippen molar-refractivity contribution in [3.05, 3.63) is 23.3 Å². The lowest BCUT2D eigenvalue weighted by Gasteiger charge is -2.34. The number of benzene rings is 1. The van der Waals surface area contributed by atoms with E-state index in [0.29, 0.717) is 12.8 Å². The Labute approximate surface area is 126 Å². The quantitative estimate of drug-likeness (QED) is 0.834. The first-order chi connectivity index (χ1) is 9.75. The average Bonchev–Trinajstić information content (AvgIpc) is 2.42. The van der Waals surface area contributed by atoms with Crippen molar-refractivity contribution in [2.45, 2.75) is 56.6 Å². The SMILES string of the molecule is Cc1cc(N)c(S(=O)(=O)N(C)C2CCCCC2O)cc1C. The second kappa shape index (κ2) is 5.94. The van der Waals surface area contributed by atoms with Crippen molar-refractivity contribution in [2.24, 2.45) is 0 Å². The number of aliphatic hydroxyl groups is 1. The summed E-state index contributed by atoms with van der Waals surface area (Å²) in [7, 11) is -2.16. The van der Waals surface area contributed by atoms with Crippen molar-refractivity contribution in [3.8, 4) is 0 Å². The van der Waals surface area contributed by atoms with Crippen LogP contribution in [0.4, 0.5) is 5.69 Å². The molecule has 1 aromatic rings. The van der Waals surface area contributed by atoms with Gasteiger partial charge in [0.15, 0.2) is 0 Å². The molecule has 1 fully saturated rings. The number of nitrogens with two attached hydrogens (primary N) is 1. The van der Waals surface area contributed by atoms with Crippen LogP contribution in [0.2, 0.25) is 0 Å². The third-order valence-corrected chi connectivity index (χ3v) is 6.38. The monoisotopic (exact) mass is 312 g/mol. The zero-order valence-corrected chi connectivity index (χ0v) is 13.7. The predicted octanol–water partition coefficient (Wildman–Crippen LogP) is 1.81. The van der Waals surface area contributed by atoms with Crippen LogP contribution in [0.3, 0.4) is 0 Å². The molecule has 2 rings (SSSR count). The molecular weight excluding hydrogens is 288 g/mol. The maximum atomic E-state index is 12.8. The van der Waals surface area contributed by atoms with Crippen LogP contribution < -0.4 is 5.73 Å². The second-order valence-electron chi connectivity index (χ2n) is 5.91. The minimum absolute atomic E-state index is 0.130. The molecule has 1 aliphatic carbocycles. The Morgan fingerprint density at radius 1 is 1.19 bits per heavy atom. The Morgan fingerprint density at radius 3 is 2.38 bits per heavy atom. The molecule has 2 unspecified atom stereocenters. The van der Waals surface area contributed by atoms with Gasteiger partial charge in [0.25, 0.3) is 0 Å². The molecule has 0 aliphatic heterocycles. The first-order valence-electron chi connectivity index (χ1n) is 7.28. The fraction of sp³-hybridized carbons (Fsp3) is 0.600. The van der Waals surface area contributed by atoms with Crippen LogP contribution in [0, 0.1) is 13.8 Å². The van der Waals surface area contributed by atoms with E-state index in [1.54, 1.807) is 12.1 Å². The zero-order valence-electron chi connectivity index (χ0n) is 12.8. The van der Waals surface area contributed by atoms with Crippen LogP contribution in [0.25, 0.3) is 0 Å². The van der Waals surface area contributed by atoms with Crippen molar-refractivity contribution < 1.29 is 13.5 Å². The summed E-state index contributed by atoms with van der Waals surface area (Å²) < 4.78 is 26.9. The number of aliphatic hydroxyl groups excluding tert-OH is 1. The molecule has 0 amide bonds. The standard InChI is InChI=1S/C15H24N2O3S/c1-10-8-12(16)15(9-11(10)2)21(19,20)17(3)13-6-4-5-7-14(13)18/h8-9,13-14,18H,4-7,16H2,1-3H3. The summed E-state index contributed by atoms with van der Waals surface area (Å²) in [6, 6.07) is 2.93. The maximum absolute atomic E-state index is 12.8. The van der Waals surface area contributed by atoms with Gasteiger partial charge in [0.2, 0.25) is 10.0 Å². The van der Waals surface area contributed by atoms with Crippen molar-refractivity contribution in [3.63, 3.8) is 0 Å². The van der Waals surface area contributed by atoms with Crippen LogP contribution in [0.15, 0.2) is 17.0 Å². The Bertz CT molecular complexity index is 628. The molecule has 0 bridgehead atoms. The first-order valence-corrected chi connectivity index (χ1v) is 8.72. The van der Waals surface area contributed by atoms with E-state index in [2.05, 4.69) is 0 Å². The average molecular weight is 312 g/mol. The highest BCUT2D eigenvalue weighted by Crippen LogP contribution is 2.30. The molecule has 0 spiro atoms. The van der Waals surface area contributed by atoms with Gasteiger partial charge in [-0.1, -0.05) is 12.8 Å². The van der Waals surface area contributed by atoms with E-state index >= 15 is 0 Å². The summed E-state index contributed by atoms with van der Waals surface area (Å²) >= 11 is 0. The van der Waals surface area contributed by atoms with E-state index in [4.69, 9.17) is 5.73 Å². The minimum atomic E-state index is -3.69. The minimum Gasteiger partial charge on any atom is -0.398 e. The van der Waals surface area contributed by atoms with Crippen LogP contribution >= 0.6 is 0 Å². The van der Waals surface area contributed by atoms with Gasteiger partial charge in [0.05, 0.1) is 17.8 Å². The molecular formula is C15H24N2O3S. The topological polar surface area (TPSA) is 83.6 Å². The molecule has 2 atom stereocenters. The Balaban J connectivity index is 2.39. The normalized spacial score (nSPS) is 23.5. The lowest BCUT2D eigenvalue weighted by Crippen LogP contribution is -2.46. The van der Waals surface area contributed by atoms with Crippen LogP contribution in [-0.2, 0) is 10.0 Å². The van der Waals surface area contributed by atoms with E-state index < -0.39 is 16.1 Å². The van der Waals surface area contributed by atoms with Gasteiger partial charge in [-0.25, -0.2) is 8.42 Å². The highest BCUT2D eigenvalue weighted by molar-refractivity contribution is 7.89. The van der Waals surface area contributed by atoms with Crippen LogP contribution in [0.1, 0.15) is 36.8 Å². The summed E-state index contributed by atoms with van der Waals surface area (Å²) in [4.78, 5) is 0.130. The molecule has 118 valence electrons. The molecule has 0 radical (unpaired) electrons. The van der Waals surface area contributed by atoms with E-state index in [1.165, 1.54) is 11.4 Å². The summed E-state index contributed by atoms with van der Waals surface area (Å²) in [5.41, 5.74) is 8.02. The van der Waals surface area contributed by atoms with Gasteiger partial charge in [0, 0.05) is 7.05 Å². The number of anilines is 1. The largest absolute Gasteiger partial charge is 0.398 e. The summed E-state index contributed by atoms with van der Waals surface area (Å²) in [5, 5.41) is 10.1. The summed E-state index contributed by atoms with van der Waals surface area (Å²) in [5.74, 6) is 0. The van der Waals surface area contributed by atoms with Crippen LogP contribution in [-0.4, -0.2) is 37.0 Å². The molecule has 0 saturated heterocycles. The maximum Gasteiger partial charge on any atom is 0.245 e. The van der Waals surface area contributed by atoms with E-state index in [-0.39, 0.29) is 16.6 Å². The molecule has 1 aliphatic rings. The number of nitrogens with zero attached hydrogens (tertiary/aromatic N) is 1. The number of nitrogen functional groups attached to an aromatic ring is 1. The highest BCUT2D eigenvalue weighted by atomic mass is 32.2. The fourth-order valence-corrected chi connectivity index (χ4v) is 4.48. The van der Waals surface area contributed by atoms with Gasteiger partial charge in [-0.15, -0.1) is 0 Å². The number of rotatable bonds is 3. The predicted molar refractivity (Wildman–Crippen MR) is 83.5 cm³/mol. The molecule has 1 saturated carbocycles. The number of hydrogen-bond donors (Lipinski definition) is 2. The van der Waals surface area contributed by atoms with Crippen LogP contribution in [0.5, 0.6) is 0 Å². The third-order valence-electron chi connectivity index (χ3n) is 4.44. The Morgan fingerprint density at radius 2 is 1.76 bits per heavy atom. The molecule has 21 heavy (non-hydrogen) atoms. The fourth-order valence-electron chi connectivity index (χ4n) is 2.88. The zero-order chi connectivity index (χ0) is 15.8. The van der Waals surface area contributed by atoms with Crippen molar-refractivity contribution in [1.82, 2.24) is 4.31 Å². The molecule has 0 heterocycles. The van der Waals surface area contributed by atoms with Gasteiger partial charge in [-0.3, -0.25) is 0 Å². The van der Waals surface area contributed by atoms with Gasteiger partial charge in [-0.05, 0) is 49.9 Å². The first kappa shape index (κ1) is 16.3. The second-order valence-corrected chi connectivity index (χ2v) is 7.88. The van der Waals surface area contributed by atoms with E-state index in [1.807, 2.05) is 13.8 Å². The Hall–Kier alpha value is -1.11. The lowest BCUT2D eigenvalue weighted by atomic mass is 9.93. The lowest BCUT2D eigenvalue weighted by molar-refractivity contribution is 0.0638. The summed E-state index contributed by atoms with van der Waals surface area (Å²) in [6.07, 6.45) is 2.60. The van der Waals surface area contributed by atoms with E-state index in [9.17, 15) is 13.5 Å². The number of sulfonamides is 1. The van der Waals surface area contributed by atoms with Crippen molar-refractivity contribution in [2.75, 3.05) is 12.8 Å².